The zero-order valence-corrected chi connectivity index (χ0v) is 7.57. The fraction of sp³-hybridized carbons (Fsp3) is 0.625. The van der Waals surface area contributed by atoms with Crippen molar-refractivity contribution in [3.8, 4) is 0 Å². The first kappa shape index (κ1) is 11.8. The molecule has 1 atom stereocenters. The number of aliphatic hydroxyl groups excluding tert-OH is 1. The first-order valence-corrected chi connectivity index (χ1v) is 3.83. The maximum atomic E-state index is 10.7. The lowest BCUT2D eigenvalue weighted by Gasteiger charge is -2.02. The van der Waals surface area contributed by atoms with Crippen molar-refractivity contribution < 1.29 is 24.2 Å². The lowest BCUT2D eigenvalue weighted by Crippen LogP contribution is -2.18. The number of ketones is 1. The van der Waals surface area contributed by atoms with Gasteiger partial charge in [-0.05, 0) is 13.8 Å². The van der Waals surface area contributed by atoms with Gasteiger partial charge in [-0.15, -0.1) is 0 Å². The molecule has 0 spiro atoms. The number of carbonyl (C=O) groups is 3. The largest absolute Gasteiger partial charge is 0.393 e. The van der Waals surface area contributed by atoms with Crippen LogP contribution in [0.2, 0.25) is 0 Å². The normalized spacial score (nSPS) is 11.9. The molecule has 0 aliphatic heterocycles. The van der Waals surface area contributed by atoms with Crippen LogP contribution in [0.3, 0.4) is 0 Å². The number of Topliss-reactive ketones (excluding diaryl/α,β-unsaturated/α-hetero) is 1. The fourth-order valence-corrected chi connectivity index (χ4v) is 0.649. The SMILES string of the molecule is CC(=O)CC(=O)OC(=O)C[C@@H](C)O. The van der Waals surface area contributed by atoms with Gasteiger partial charge in [-0.2, -0.15) is 0 Å². The zero-order valence-electron chi connectivity index (χ0n) is 7.57. The highest BCUT2D eigenvalue weighted by molar-refractivity contribution is 5.98. The summed E-state index contributed by atoms with van der Waals surface area (Å²) in [5, 5.41) is 8.74. The lowest BCUT2D eigenvalue weighted by atomic mass is 10.3. The highest BCUT2D eigenvalue weighted by Crippen LogP contribution is 1.95. The molecule has 5 nitrogen and oxygen atoms in total. The monoisotopic (exact) mass is 188 g/mol. The van der Waals surface area contributed by atoms with Crippen LogP contribution in [-0.4, -0.2) is 28.9 Å². The van der Waals surface area contributed by atoms with Crippen LogP contribution in [0.25, 0.3) is 0 Å². The van der Waals surface area contributed by atoms with Gasteiger partial charge in [-0.3, -0.25) is 14.4 Å². The molecule has 0 amide bonds. The molecule has 0 saturated carbocycles. The number of aliphatic hydroxyl groups is 1. The third kappa shape index (κ3) is 7.14. The maximum Gasteiger partial charge on any atom is 0.320 e. The van der Waals surface area contributed by atoms with Crippen LogP contribution >= 0.6 is 0 Å². The third-order valence-corrected chi connectivity index (χ3v) is 1.08. The van der Waals surface area contributed by atoms with E-state index in [0.717, 1.165) is 0 Å². The van der Waals surface area contributed by atoms with Crippen LogP contribution in [0, 0.1) is 0 Å². The van der Waals surface area contributed by atoms with Crippen LogP contribution in [0.15, 0.2) is 0 Å². The van der Waals surface area contributed by atoms with Gasteiger partial charge in [0, 0.05) is 0 Å². The lowest BCUT2D eigenvalue weighted by molar-refractivity contribution is -0.161. The third-order valence-electron chi connectivity index (χ3n) is 1.08. The van der Waals surface area contributed by atoms with Crippen molar-refractivity contribution in [3.05, 3.63) is 0 Å². The predicted octanol–water partition coefficient (Wildman–Crippen LogP) is -0.194. The molecule has 13 heavy (non-hydrogen) atoms. The van der Waals surface area contributed by atoms with Gasteiger partial charge in [0.05, 0.1) is 12.5 Å². The summed E-state index contributed by atoms with van der Waals surface area (Å²) in [5.41, 5.74) is 0. The van der Waals surface area contributed by atoms with E-state index in [1.807, 2.05) is 0 Å². The minimum absolute atomic E-state index is 0.246. The van der Waals surface area contributed by atoms with E-state index in [4.69, 9.17) is 5.11 Å². The van der Waals surface area contributed by atoms with Crippen LogP contribution in [0.1, 0.15) is 26.7 Å². The van der Waals surface area contributed by atoms with Crippen LogP contribution in [0.4, 0.5) is 0 Å². The summed E-state index contributed by atoms with van der Waals surface area (Å²) in [6.45, 7) is 2.62. The van der Waals surface area contributed by atoms with E-state index < -0.39 is 24.5 Å². The van der Waals surface area contributed by atoms with Crippen molar-refractivity contribution in [1.29, 1.82) is 0 Å². The predicted molar refractivity (Wildman–Crippen MR) is 42.7 cm³/mol. The summed E-state index contributed by atoms with van der Waals surface area (Å²) >= 11 is 0. The Morgan fingerprint density at radius 1 is 1.31 bits per heavy atom. The Labute approximate surface area is 75.7 Å². The van der Waals surface area contributed by atoms with Gasteiger partial charge in [0.1, 0.15) is 12.2 Å². The van der Waals surface area contributed by atoms with E-state index in [9.17, 15) is 14.4 Å². The molecule has 0 bridgehead atoms. The Kier molecular flexibility index (Phi) is 4.91. The molecular weight excluding hydrogens is 176 g/mol. The quantitative estimate of drug-likeness (QED) is 0.488. The Morgan fingerprint density at radius 3 is 2.23 bits per heavy atom. The Balaban J connectivity index is 3.79. The number of esters is 2. The van der Waals surface area contributed by atoms with Crippen molar-refractivity contribution in [1.82, 2.24) is 0 Å². The highest BCUT2D eigenvalue weighted by atomic mass is 16.6. The first-order chi connectivity index (χ1) is 5.91. The first-order valence-electron chi connectivity index (χ1n) is 3.83. The van der Waals surface area contributed by atoms with Crippen LogP contribution < -0.4 is 0 Å². The van der Waals surface area contributed by atoms with Crippen molar-refractivity contribution in [2.24, 2.45) is 0 Å². The molecule has 1 N–H and O–H groups in total. The van der Waals surface area contributed by atoms with Gasteiger partial charge in [0.15, 0.2) is 0 Å². The molecule has 0 radical (unpaired) electrons. The summed E-state index contributed by atoms with van der Waals surface area (Å²) in [6.07, 6.45) is -1.51. The van der Waals surface area contributed by atoms with Gasteiger partial charge >= 0.3 is 11.9 Å². The zero-order chi connectivity index (χ0) is 10.4. The van der Waals surface area contributed by atoms with E-state index >= 15 is 0 Å². The molecule has 5 heteroatoms. The molecule has 0 aromatic carbocycles. The summed E-state index contributed by atoms with van der Waals surface area (Å²) in [5.74, 6) is -2.06. The number of hydrogen-bond donors (Lipinski definition) is 1. The number of ether oxygens (including phenoxy) is 1. The molecular formula is C8H12O5. The summed E-state index contributed by atoms with van der Waals surface area (Å²) in [6, 6.07) is 0. The van der Waals surface area contributed by atoms with Crippen molar-refractivity contribution >= 4 is 17.7 Å². The van der Waals surface area contributed by atoms with Gasteiger partial charge in [0.25, 0.3) is 0 Å². The summed E-state index contributed by atoms with van der Waals surface area (Å²) < 4.78 is 4.21. The molecule has 0 unspecified atom stereocenters. The fourth-order valence-electron chi connectivity index (χ4n) is 0.649. The second-order valence-corrected chi connectivity index (χ2v) is 2.78. The minimum Gasteiger partial charge on any atom is -0.393 e. The molecule has 0 heterocycles. The summed E-state index contributed by atoms with van der Waals surface area (Å²) in [4.78, 5) is 31.8. The standard InChI is InChI=1S/C8H12O5/c1-5(9)3-7(11)13-8(12)4-6(2)10/h5,9H,3-4H2,1-2H3/t5-/m1/s1. The van der Waals surface area contributed by atoms with E-state index in [1.165, 1.54) is 13.8 Å². The Hall–Kier alpha value is -1.23. The van der Waals surface area contributed by atoms with E-state index in [1.54, 1.807) is 0 Å². The molecule has 0 aliphatic carbocycles. The molecule has 0 fully saturated rings. The summed E-state index contributed by atoms with van der Waals surface area (Å²) in [7, 11) is 0. The number of hydrogen-bond acceptors (Lipinski definition) is 5. The van der Waals surface area contributed by atoms with Crippen LogP contribution in [0.5, 0.6) is 0 Å². The molecule has 0 aromatic rings. The average Bonchev–Trinajstić information content (AvgIpc) is 1.80. The van der Waals surface area contributed by atoms with E-state index in [-0.39, 0.29) is 12.2 Å². The van der Waals surface area contributed by atoms with Crippen molar-refractivity contribution in [3.63, 3.8) is 0 Å². The molecule has 0 aliphatic rings. The second kappa shape index (κ2) is 5.42. The van der Waals surface area contributed by atoms with Gasteiger partial charge in [0.2, 0.25) is 0 Å². The van der Waals surface area contributed by atoms with Gasteiger partial charge in [-0.1, -0.05) is 0 Å². The highest BCUT2D eigenvalue weighted by Gasteiger charge is 2.13. The van der Waals surface area contributed by atoms with E-state index in [0.29, 0.717) is 0 Å². The smallest absolute Gasteiger partial charge is 0.320 e. The molecule has 0 saturated heterocycles. The molecule has 74 valence electrons. The Bertz CT molecular complexity index is 219. The topological polar surface area (TPSA) is 80.7 Å². The van der Waals surface area contributed by atoms with Crippen molar-refractivity contribution in [2.45, 2.75) is 32.8 Å². The minimum atomic E-state index is -0.877. The van der Waals surface area contributed by atoms with Crippen molar-refractivity contribution in [2.75, 3.05) is 0 Å². The second-order valence-electron chi connectivity index (χ2n) is 2.78. The average molecular weight is 188 g/mol. The van der Waals surface area contributed by atoms with Crippen LogP contribution in [-0.2, 0) is 19.1 Å². The molecule has 0 aromatic heterocycles. The maximum absolute atomic E-state index is 10.7. The van der Waals surface area contributed by atoms with Gasteiger partial charge < -0.3 is 9.84 Å². The Morgan fingerprint density at radius 2 is 1.85 bits per heavy atom. The van der Waals surface area contributed by atoms with E-state index in [2.05, 4.69) is 4.74 Å². The molecule has 0 rings (SSSR count). The number of rotatable bonds is 4. The van der Waals surface area contributed by atoms with Gasteiger partial charge in [-0.25, -0.2) is 0 Å². The number of carbonyl (C=O) groups excluding carboxylic acids is 3.